The van der Waals surface area contributed by atoms with Crippen LogP contribution in [0.4, 0.5) is 5.69 Å². The first-order valence-corrected chi connectivity index (χ1v) is 10.6. The van der Waals surface area contributed by atoms with Gasteiger partial charge in [-0.05, 0) is 31.5 Å². The zero-order chi connectivity index (χ0) is 20.0. The maximum atomic E-state index is 6.21. The number of aryl methyl sites for hydroxylation is 1. The SMILES string of the molecule is CCNC(=NCC1(OC)CCOCC1)N1CCN(c2cc(Cl)ccc2C)CC1. The predicted octanol–water partition coefficient (Wildman–Crippen LogP) is 2.93. The number of rotatable bonds is 5. The standard InChI is InChI=1S/C21H33ClN4O2/c1-4-23-20(24-16-21(27-3)7-13-28-14-8-21)26-11-9-25(10-12-26)19-15-18(22)6-5-17(19)2/h5-6,15H,4,7-14,16H2,1-3H3,(H,23,24). The molecule has 0 spiro atoms. The minimum Gasteiger partial charge on any atom is -0.381 e. The molecule has 1 aromatic carbocycles. The van der Waals surface area contributed by atoms with Crippen LogP contribution in [0.5, 0.6) is 0 Å². The lowest BCUT2D eigenvalue weighted by atomic mass is 9.94. The number of hydrogen-bond acceptors (Lipinski definition) is 4. The van der Waals surface area contributed by atoms with Gasteiger partial charge < -0.3 is 24.6 Å². The van der Waals surface area contributed by atoms with Gasteiger partial charge in [0.25, 0.3) is 0 Å². The van der Waals surface area contributed by atoms with Crippen molar-refractivity contribution in [3.63, 3.8) is 0 Å². The molecule has 2 aliphatic heterocycles. The molecule has 2 fully saturated rings. The van der Waals surface area contributed by atoms with Gasteiger partial charge in [-0.1, -0.05) is 17.7 Å². The number of ether oxygens (including phenoxy) is 2. The Morgan fingerprint density at radius 1 is 1.25 bits per heavy atom. The second-order valence-corrected chi connectivity index (χ2v) is 8.01. The van der Waals surface area contributed by atoms with Crippen molar-refractivity contribution in [1.29, 1.82) is 0 Å². The third-order valence-electron chi connectivity index (χ3n) is 5.78. The maximum absolute atomic E-state index is 6.21. The van der Waals surface area contributed by atoms with Crippen LogP contribution in [-0.4, -0.2) is 76.1 Å². The quantitative estimate of drug-likeness (QED) is 0.599. The van der Waals surface area contributed by atoms with E-state index >= 15 is 0 Å². The number of aliphatic imine (C=N–C) groups is 1. The van der Waals surface area contributed by atoms with E-state index in [0.717, 1.165) is 69.8 Å². The van der Waals surface area contributed by atoms with E-state index in [1.807, 2.05) is 6.07 Å². The van der Waals surface area contributed by atoms with Crippen molar-refractivity contribution in [3.05, 3.63) is 28.8 Å². The largest absolute Gasteiger partial charge is 0.381 e. The highest BCUT2D eigenvalue weighted by Gasteiger charge is 2.33. The Morgan fingerprint density at radius 3 is 2.61 bits per heavy atom. The van der Waals surface area contributed by atoms with Crippen molar-refractivity contribution in [1.82, 2.24) is 10.2 Å². The highest BCUT2D eigenvalue weighted by molar-refractivity contribution is 6.30. The summed E-state index contributed by atoms with van der Waals surface area (Å²) in [5.41, 5.74) is 2.30. The molecule has 6 nitrogen and oxygen atoms in total. The van der Waals surface area contributed by atoms with Crippen LogP contribution in [0.15, 0.2) is 23.2 Å². The van der Waals surface area contributed by atoms with Crippen LogP contribution in [0.25, 0.3) is 0 Å². The molecule has 28 heavy (non-hydrogen) atoms. The molecule has 0 atom stereocenters. The highest BCUT2D eigenvalue weighted by atomic mass is 35.5. The van der Waals surface area contributed by atoms with Gasteiger partial charge in [0.1, 0.15) is 0 Å². The van der Waals surface area contributed by atoms with Gasteiger partial charge in [-0.25, -0.2) is 0 Å². The van der Waals surface area contributed by atoms with E-state index < -0.39 is 0 Å². The number of nitrogens with zero attached hydrogens (tertiary/aromatic N) is 3. The molecule has 2 saturated heterocycles. The van der Waals surface area contributed by atoms with E-state index in [1.54, 1.807) is 7.11 Å². The average molecular weight is 409 g/mol. The Labute approximate surface area is 173 Å². The van der Waals surface area contributed by atoms with Gasteiger partial charge in [0.15, 0.2) is 5.96 Å². The molecule has 3 rings (SSSR count). The lowest BCUT2D eigenvalue weighted by Crippen LogP contribution is -2.53. The first-order valence-electron chi connectivity index (χ1n) is 10.2. The average Bonchev–Trinajstić information content (AvgIpc) is 2.74. The van der Waals surface area contributed by atoms with Gasteiger partial charge in [0, 0.05) is 76.6 Å². The number of guanidine groups is 1. The molecule has 0 radical (unpaired) electrons. The molecule has 0 unspecified atom stereocenters. The molecule has 0 aromatic heterocycles. The van der Waals surface area contributed by atoms with Crippen molar-refractivity contribution in [2.24, 2.45) is 4.99 Å². The fraction of sp³-hybridized carbons (Fsp3) is 0.667. The number of piperazine rings is 1. The van der Waals surface area contributed by atoms with E-state index in [9.17, 15) is 0 Å². The number of methoxy groups -OCH3 is 1. The molecule has 156 valence electrons. The van der Waals surface area contributed by atoms with Gasteiger partial charge >= 0.3 is 0 Å². The molecule has 7 heteroatoms. The third-order valence-corrected chi connectivity index (χ3v) is 6.02. The Morgan fingerprint density at radius 2 is 1.96 bits per heavy atom. The zero-order valence-electron chi connectivity index (χ0n) is 17.3. The van der Waals surface area contributed by atoms with Crippen LogP contribution in [0.1, 0.15) is 25.3 Å². The highest BCUT2D eigenvalue weighted by Crippen LogP contribution is 2.26. The van der Waals surface area contributed by atoms with Crippen LogP contribution < -0.4 is 10.2 Å². The molecular weight excluding hydrogens is 376 g/mol. The third kappa shape index (κ3) is 5.10. The summed E-state index contributed by atoms with van der Waals surface area (Å²) >= 11 is 6.21. The predicted molar refractivity (Wildman–Crippen MR) is 116 cm³/mol. The van der Waals surface area contributed by atoms with E-state index in [-0.39, 0.29) is 5.60 Å². The Kier molecular flexibility index (Phi) is 7.43. The van der Waals surface area contributed by atoms with Crippen molar-refractivity contribution in [3.8, 4) is 0 Å². The number of hydrogen-bond donors (Lipinski definition) is 1. The summed E-state index contributed by atoms with van der Waals surface area (Å²) in [6.45, 7) is 11.0. The van der Waals surface area contributed by atoms with E-state index in [0.29, 0.717) is 6.54 Å². The molecule has 2 aliphatic rings. The molecule has 0 bridgehead atoms. The lowest BCUT2D eigenvalue weighted by molar-refractivity contribution is -0.0829. The van der Waals surface area contributed by atoms with Crippen molar-refractivity contribution < 1.29 is 9.47 Å². The smallest absolute Gasteiger partial charge is 0.194 e. The monoisotopic (exact) mass is 408 g/mol. The number of benzene rings is 1. The first-order chi connectivity index (χ1) is 13.6. The lowest BCUT2D eigenvalue weighted by Gasteiger charge is -2.39. The topological polar surface area (TPSA) is 49.3 Å². The summed E-state index contributed by atoms with van der Waals surface area (Å²) in [5.74, 6) is 0.980. The fourth-order valence-corrected chi connectivity index (χ4v) is 4.06. The first kappa shape index (κ1) is 21.2. The van der Waals surface area contributed by atoms with Crippen molar-refractivity contribution in [2.75, 3.05) is 64.5 Å². The Bertz CT molecular complexity index is 668. The fourth-order valence-electron chi connectivity index (χ4n) is 3.90. The summed E-state index contributed by atoms with van der Waals surface area (Å²) < 4.78 is 11.3. The second-order valence-electron chi connectivity index (χ2n) is 7.57. The van der Waals surface area contributed by atoms with Crippen LogP contribution in [0, 0.1) is 6.92 Å². The second kappa shape index (κ2) is 9.81. The Balaban J connectivity index is 1.64. The molecule has 1 N–H and O–H groups in total. The molecule has 0 aliphatic carbocycles. The molecule has 2 heterocycles. The number of anilines is 1. The van der Waals surface area contributed by atoms with Gasteiger partial charge in [0.05, 0.1) is 12.1 Å². The van der Waals surface area contributed by atoms with Crippen LogP contribution in [0.2, 0.25) is 5.02 Å². The van der Waals surface area contributed by atoms with Crippen LogP contribution in [0.3, 0.4) is 0 Å². The Hall–Kier alpha value is -1.50. The molecule has 0 saturated carbocycles. The summed E-state index contributed by atoms with van der Waals surface area (Å²) in [5, 5.41) is 4.25. The molecule has 0 amide bonds. The number of halogens is 1. The summed E-state index contributed by atoms with van der Waals surface area (Å²) in [4.78, 5) is 9.71. The maximum Gasteiger partial charge on any atom is 0.194 e. The van der Waals surface area contributed by atoms with E-state index in [1.165, 1.54) is 11.3 Å². The summed E-state index contributed by atoms with van der Waals surface area (Å²) in [6.07, 6.45) is 1.79. The summed E-state index contributed by atoms with van der Waals surface area (Å²) in [6, 6.07) is 6.11. The van der Waals surface area contributed by atoms with E-state index in [2.05, 4.69) is 41.1 Å². The van der Waals surface area contributed by atoms with E-state index in [4.69, 9.17) is 26.1 Å². The van der Waals surface area contributed by atoms with Gasteiger partial charge in [0.2, 0.25) is 0 Å². The molecular formula is C21H33ClN4O2. The van der Waals surface area contributed by atoms with Crippen LogP contribution in [-0.2, 0) is 9.47 Å². The summed E-state index contributed by atoms with van der Waals surface area (Å²) in [7, 11) is 1.79. The molecule has 1 aromatic rings. The van der Waals surface area contributed by atoms with Gasteiger partial charge in [-0.2, -0.15) is 0 Å². The van der Waals surface area contributed by atoms with Crippen LogP contribution >= 0.6 is 11.6 Å². The minimum atomic E-state index is -0.196. The zero-order valence-corrected chi connectivity index (χ0v) is 18.1. The minimum absolute atomic E-state index is 0.196. The van der Waals surface area contributed by atoms with Gasteiger partial charge in [-0.3, -0.25) is 4.99 Å². The normalized spacial score (nSPS) is 20.4. The van der Waals surface area contributed by atoms with Crippen molar-refractivity contribution >= 4 is 23.2 Å². The van der Waals surface area contributed by atoms with Crippen molar-refractivity contribution in [2.45, 2.75) is 32.3 Å². The number of nitrogens with one attached hydrogen (secondary N) is 1. The van der Waals surface area contributed by atoms with Gasteiger partial charge in [-0.15, -0.1) is 0 Å².